The lowest BCUT2D eigenvalue weighted by Crippen LogP contribution is -2.31. The highest BCUT2D eigenvalue weighted by molar-refractivity contribution is 8.44. The van der Waals surface area contributed by atoms with Gasteiger partial charge in [-0.1, -0.05) is 24.5 Å². The molecule has 6 rings (SSSR count). The van der Waals surface area contributed by atoms with Crippen molar-refractivity contribution in [2.75, 3.05) is 18.9 Å². The summed E-state index contributed by atoms with van der Waals surface area (Å²) >= 11 is 8.15. The highest BCUT2D eigenvalue weighted by Gasteiger charge is 2.52. The standard InChI is InChI=1S/C20H24FN7O9P2S2/c21-14-12-6-33-38(30,40)36-11-4-10(34-13-1-2-23-7-24-13)3-9(11)5-32-39(31,41)37-16(14)19(35-12)28-8-25-15-17(28)26-20(22)27-18(15)29/h1-2,7-12,14,16,19H,3-6H2,(H,30,40)(H,31,41)(H3,22,26,27,29)/t9-,10-,11+,12-,14-,16-,19-,38-,39-/m1/s1. The van der Waals surface area contributed by atoms with Crippen LogP contribution in [0.15, 0.2) is 29.7 Å². The van der Waals surface area contributed by atoms with Crippen LogP contribution >= 0.6 is 38.1 Å². The Kier molecular flexibility index (Phi) is 7.93. The first-order valence-electron chi connectivity index (χ1n) is 12.2. The molecule has 0 amide bonds. The second kappa shape index (κ2) is 11.2. The molecule has 2 bridgehead atoms. The number of rotatable bonds is 3. The predicted molar refractivity (Wildman–Crippen MR) is 145 cm³/mol. The van der Waals surface area contributed by atoms with E-state index in [1.165, 1.54) is 23.4 Å². The average Bonchev–Trinajstić information content (AvgIpc) is 3.57. The number of hydrogen-bond acceptors (Lipinski definition) is 14. The van der Waals surface area contributed by atoms with Crippen LogP contribution in [-0.4, -0.2) is 73.3 Å². The number of anilines is 1. The van der Waals surface area contributed by atoms with E-state index >= 15 is 4.39 Å². The number of aromatic amines is 1. The van der Waals surface area contributed by atoms with Gasteiger partial charge in [0.15, 0.2) is 23.6 Å². The number of ether oxygens (including phenoxy) is 2. The Morgan fingerprint density at radius 3 is 2.68 bits per heavy atom. The van der Waals surface area contributed by atoms with E-state index in [1.54, 1.807) is 6.07 Å². The lowest BCUT2D eigenvalue weighted by molar-refractivity contribution is -0.0468. The van der Waals surface area contributed by atoms with E-state index in [0.717, 1.165) is 0 Å². The minimum atomic E-state index is -4.24. The fraction of sp³-hybridized carbons (Fsp3) is 0.550. The first-order valence-corrected chi connectivity index (χ1v) is 17.6. The SMILES string of the molecule is Nc1nc2c(ncn2[C@@H]2O[C@@H]3CO[P@@](=O)(S)O[C@H]4C[C@H](Oc5ccncn5)C[C@@H]4CO[P@@](=O)(S)O[C@@H]2[C@@H]3F)c(=O)[nH]1. The van der Waals surface area contributed by atoms with Crippen molar-refractivity contribution in [3.63, 3.8) is 0 Å². The molecule has 0 aromatic carbocycles. The van der Waals surface area contributed by atoms with Crippen LogP contribution in [0.25, 0.3) is 11.2 Å². The molecule has 3 aromatic rings. The van der Waals surface area contributed by atoms with E-state index in [1.807, 2.05) is 0 Å². The number of alkyl halides is 1. The second-order valence-electron chi connectivity index (χ2n) is 9.55. The monoisotopic (exact) mass is 651 g/mol. The zero-order chi connectivity index (χ0) is 28.9. The first-order chi connectivity index (χ1) is 19.5. The molecule has 2 aliphatic heterocycles. The summed E-state index contributed by atoms with van der Waals surface area (Å²) in [6, 6.07) is 1.58. The minimum absolute atomic E-state index is 0.0404. The number of imidazole rings is 1. The summed E-state index contributed by atoms with van der Waals surface area (Å²) in [5.41, 5.74) is 4.90. The van der Waals surface area contributed by atoms with E-state index in [0.29, 0.717) is 12.3 Å². The third kappa shape index (κ3) is 6.19. The summed E-state index contributed by atoms with van der Waals surface area (Å²) in [7, 11) is 0. The van der Waals surface area contributed by atoms with Crippen LogP contribution in [0.4, 0.5) is 10.3 Å². The summed E-state index contributed by atoms with van der Waals surface area (Å²) < 4.78 is 77.5. The Balaban J connectivity index is 1.28. The van der Waals surface area contributed by atoms with E-state index in [2.05, 4.69) is 49.4 Å². The lowest BCUT2D eigenvalue weighted by Gasteiger charge is -2.26. The zero-order valence-corrected chi connectivity index (χ0v) is 24.4. The maximum atomic E-state index is 15.7. The largest absolute Gasteiger partial charge is 0.474 e. The number of nitrogens with two attached hydrogens (primary N) is 1. The van der Waals surface area contributed by atoms with Gasteiger partial charge in [0.2, 0.25) is 11.8 Å². The highest BCUT2D eigenvalue weighted by atomic mass is 32.7. The molecule has 0 spiro atoms. The van der Waals surface area contributed by atoms with E-state index in [-0.39, 0.29) is 30.1 Å². The maximum absolute atomic E-state index is 15.7. The van der Waals surface area contributed by atoms with E-state index in [4.69, 9.17) is 33.3 Å². The van der Waals surface area contributed by atoms with Crippen LogP contribution < -0.4 is 16.0 Å². The predicted octanol–water partition coefficient (Wildman–Crippen LogP) is 2.48. The number of fused-ring (bicyclic) bond motifs is 4. The number of hydrogen-bond donors (Lipinski definition) is 4. The third-order valence-electron chi connectivity index (χ3n) is 6.80. The molecule has 9 atom stereocenters. The number of aromatic nitrogens is 6. The van der Waals surface area contributed by atoms with Gasteiger partial charge in [0, 0.05) is 24.6 Å². The summed E-state index contributed by atoms with van der Waals surface area (Å²) in [6.07, 6.45) is -2.91. The van der Waals surface area contributed by atoms with Crippen LogP contribution in [0.2, 0.25) is 0 Å². The minimum Gasteiger partial charge on any atom is -0.474 e. The van der Waals surface area contributed by atoms with Crippen LogP contribution in [0.1, 0.15) is 19.1 Å². The summed E-state index contributed by atoms with van der Waals surface area (Å²) in [5, 5.41) is 0. The van der Waals surface area contributed by atoms with Gasteiger partial charge in [-0.05, 0) is 6.42 Å². The van der Waals surface area contributed by atoms with Crippen LogP contribution in [0.5, 0.6) is 5.88 Å². The molecule has 2 saturated heterocycles. The number of nitrogens with zero attached hydrogens (tertiary/aromatic N) is 5. The van der Waals surface area contributed by atoms with Crippen molar-refractivity contribution in [1.82, 2.24) is 29.5 Å². The van der Waals surface area contributed by atoms with Crippen molar-refractivity contribution in [2.45, 2.75) is 49.7 Å². The van der Waals surface area contributed by atoms with Gasteiger partial charge < -0.3 is 19.7 Å². The van der Waals surface area contributed by atoms with Gasteiger partial charge in [0.05, 0.1) is 25.6 Å². The van der Waals surface area contributed by atoms with Crippen molar-refractivity contribution in [1.29, 1.82) is 0 Å². The van der Waals surface area contributed by atoms with Gasteiger partial charge in [-0.15, -0.1) is 0 Å². The van der Waals surface area contributed by atoms with Crippen molar-refractivity contribution in [2.24, 2.45) is 5.92 Å². The Morgan fingerprint density at radius 1 is 1.12 bits per heavy atom. The van der Waals surface area contributed by atoms with Crippen molar-refractivity contribution < 1.29 is 41.1 Å². The number of nitrogens with one attached hydrogen (secondary N) is 1. The molecule has 41 heavy (non-hydrogen) atoms. The van der Waals surface area contributed by atoms with Crippen molar-refractivity contribution in [3.8, 4) is 5.88 Å². The Morgan fingerprint density at radius 2 is 1.90 bits per heavy atom. The van der Waals surface area contributed by atoms with Crippen molar-refractivity contribution >= 4 is 55.2 Å². The topological polar surface area (TPSA) is 205 Å². The van der Waals surface area contributed by atoms with Crippen molar-refractivity contribution in [3.05, 3.63) is 35.3 Å². The van der Waals surface area contributed by atoms with Gasteiger partial charge in [0.1, 0.15) is 24.6 Å². The van der Waals surface area contributed by atoms with Crippen LogP contribution in [-0.2, 0) is 32.0 Å². The van der Waals surface area contributed by atoms with Gasteiger partial charge >= 0.3 is 13.6 Å². The molecule has 0 radical (unpaired) electrons. The highest BCUT2D eigenvalue weighted by Crippen LogP contribution is 2.60. The molecular weight excluding hydrogens is 627 g/mol. The molecule has 21 heteroatoms. The van der Waals surface area contributed by atoms with Crippen LogP contribution in [0, 0.1) is 5.92 Å². The summed E-state index contributed by atoms with van der Waals surface area (Å²) in [4.78, 5) is 30.5. The molecule has 3 fully saturated rings. The smallest absolute Gasteiger partial charge is 0.386 e. The van der Waals surface area contributed by atoms with E-state index < -0.39 is 68.5 Å². The quantitative estimate of drug-likeness (QED) is 0.237. The van der Waals surface area contributed by atoms with Gasteiger partial charge in [-0.2, -0.15) is 4.98 Å². The first kappa shape index (κ1) is 29.0. The number of halogens is 1. The zero-order valence-electron chi connectivity index (χ0n) is 20.8. The normalized spacial score (nSPS) is 38.1. The fourth-order valence-corrected chi connectivity index (χ4v) is 8.05. The Labute approximate surface area is 241 Å². The maximum Gasteiger partial charge on any atom is 0.386 e. The number of H-pyrrole nitrogens is 1. The Hall–Kier alpha value is -2.08. The average molecular weight is 652 g/mol. The van der Waals surface area contributed by atoms with Gasteiger partial charge in [-0.3, -0.25) is 27.9 Å². The third-order valence-corrected chi connectivity index (χ3v) is 10.1. The molecule has 1 aliphatic carbocycles. The van der Waals surface area contributed by atoms with E-state index in [9.17, 15) is 13.9 Å². The lowest BCUT2D eigenvalue weighted by atomic mass is 10.1. The summed E-state index contributed by atoms with van der Waals surface area (Å²) in [5.74, 6) is -0.395. The molecule has 222 valence electrons. The molecule has 3 N–H and O–H groups in total. The number of nitrogen functional groups attached to an aromatic ring is 1. The molecule has 0 unspecified atom stereocenters. The van der Waals surface area contributed by atoms with Crippen LogP contribution in [0.3, 0.4) is 0 Å². The molecule has 5 heterocycles. The number of thiol groups is 2. The second-order valence-corrected chi connectivity index (χ2v) is 15.3. The van der Waals surface area contributed by atoms with Gasteiger partial charge in [0.25, 0.3) is 5.56 Å². The molecule has 3 aromatic heterocycles. The Bertz CT molecular complexity index is 1590. The fourth-order valence-electron chi connectivity index (χ4n) is 5.00. The molecule has 3 aliphatic rings. The molecule has 16 nitrogen and oxygen atoms in total. The molecule has 1 saturated carbocycles. The van der Waals surface area contributed by atoms with Gasteiger partial charge in [-0.25, -0.2) is 28.5 Å². The molecular formula is C20H24FN7O9P2S2. The summed E-state index contributed by atoms with van der Waals surface area (Å²) in [6.45, 7) is -9.11.